The van der Waals surface area contributed by atoms with Gasteiger partial charge in [0.15, 0.2) is 0 Å². The molecule has 0 unspecified atom stereocenters. The Morgan fingerprint density at radius 1 is 1.47 bits per heavy atom. The second-order valence-corrected chi connectivity index (χ2v) is 4.75. The molecule has 94 valence electrons. The van der Waals surface area contributed by atoms with Crippen LogP contribution in [0.4, 0.5) is 0 Å². The monoisotopic (exact) mass is 234 g/mol. The quantitative estimate of drug-likeness (QED) is 0.794. The van der Waals surface area contributed by atoms with E-state index in [1.807, 2.05) is 6.26 Å². The topological polar surface area (TPSA) is 28.4 Å². The van der Waals surface area contributed by atoms with E-state index in [0.717, 1.165) is 44.9 Å². The second-order valence-electron chi connectivity index (χ2n) is 4.75. The van der Waals surface area contributed by atoms with Crippen LogP contribution in [0, 0.1) is 0 Å². The highest BCUT2D eigenvalue weighted by Crippen LogP contribution is 2.15. The molecule has 2 rings (SSSR count). The Balaban J connectivity index is 1.86. The zero-order valence-corrected chi connectivity index (χ0v) is 10.8. The standard InChI is InChI=1S/C14H22N2O/c1-3-15-8-13-7-14(17-11-13)10-16-6-4-5-12(2)9-16/h5,7,11,15H,3-4,6,8-10H2,1-2H3. The van der Waals surface area contributed by atoms with Gasteiger partial charge in [-0.15, -0.1) is 0 Å². The van der Waals surface area contributed by atoms with E-state index < -0.39 is 0 Å². The molecule has 0 amide bonds. The molecule has 0 fully saturated rings. The summed E-state index contributed by atoms with van der Waals surface area (Å²) in [5, 5.41) is 3.31. The van der Waals surface area contributed by atoms with Gasteiger partial charge in [-0.2, -0.15) is 0 Å². The van der Waals surface area contributed by atoms with Crippen molar-refractivity contribution < 1.29 is 4.42 Å². The van der Waals surface area contributed by atoms with Gasteiger partial charge in [0.05, 0.1) is 12.8 Å². The molecular weight excluding hydrogens is 212 g/mol. The van der Waals surface area contributed by atoms with Gasteiger partial charge in [-0.1, -0.05) is 18.6 Å². The van der Waals surface area contributed by atoms with E-state index in [0.29, 0.717) is 0 Å². The first-order valence-electron chi connectivity index (χ1n) is 6.43. The van der Waals surface area contributed by atoms with Gasteiger partial charge < -0.3 is 9.73 Å². The van der Waals surface area contributed by atoms with Crippen molar-refractivity contribution in [1.29, 1.82) is 0 Å². The van der Waals surface area contributed by atoms with Crippen molar-refractivity contribution in [3.8, 4) is 0 Å². The summed E-state index contributed by atoms with van der Waals surface area (Å²) in [5.41, 5.74) is 2.71. The zero-order chi connectivity index (χ0) is 12.1. The molecule has 0 radical (unpaired) electrons. The van der Waals surface area contributed by atoms with E-state index in [4.69, 9.17) is 4.42 Å². The highest BCUT2D eigenvalue weighted by atomic mass is 16.3. The van der Waals surface area contributed by atoms with Gasteiger partial charge in [-0.3, -0.25) is 4.90 Å². The third-order valence-electron chi connectivity index (χ3n) is 3.08. The van der Waals surface area contributed by atoms with Crippen molar-refractivity contribution in [2.45, 2.75) is 33.4 Å². The SMILES string of the molecule is CCNCc1coc(CN2CCC=C(C)C2)c1. The van der Waals surface area contributed by atoms with E-state index >= 15 is 0 Å². The summed E-state index contributed by atoms with van der Waals surface area (Å²) in [6.45, 7) is 9.35. The van der Waals surface area contributed by atoms with Crippen LogP contribution in [0.15, 0.2) is 28.4 Å². The fourth-order valence-corrected chi connectivity index (χ4v) is 2.22. The highest BCUT2D eigenvalue weighted by molar-refractivity contribution is 5.13. The molecule has 17 heavy (non-hydrogen) atoms. The largest absolute Gasteiger partial charge is 0.468 e. The molecule has 1 aliphatic rings. The minimum Gasteiger partial charge on any atom is -0.468 e. The minimum absolute atomic E-state index is 0.902. The van der Waals surface area contributed by atoms with Gasteiger partial charge in [-0.05, 0) is 26.0 Å². The molecular formula is C14H22N2O. The lowest BCUT2D eigenvalue weighted by atomic mass is 10.1. The normalized spacial score (nSPS) is 17.2. The molecule has 3 nitrogen and oxygen atoms in total. The molecule has 0 atom stereocenters. The van der Waals surface area contributed by atoms with Gasteiger partial charge in [-0.25, -0.2) is 0 Å². The van der Waals surface area contributed by atoms with Crippen LogP contribution in [0.25, 0.3) is 0 Å². The lowest BCUT2D eigenvalue weighted by Crippen LogP contribution is -2.28. The molecule has 1 aromatic rings. The Morgan fingerprint density at radius 2 is 2.35 bits per heavy atom. The first-order chi connectivity index (χ1) is 8.28. The Labute approximate surface area is 103 Å². The van der Waals surface area contributed by atoms with Crippen molar-refractivity contribution in [2.24, 2.45) is 0 Å². The van der Waals surface area contributed by atoms with E-state index in [1.165, 1.54) is 11.1 Å². The Hall–Kier alpha value is -1.06. The molecule has 1 aromatic heterocycles. The first kappa shape index (κ1) is 12.4. The maximum atomic E-state index is 5.60. The van der Waals surface area contributed by atoms with Crippen molar-refractivity contribution in [2.75, 3.05) is 19.6 Å². The smallest absolute Gasteiger partial charge is 0.118 e. The predicted octanol–water partition coefficient (Wildman–Crippen LogP) is 2.54. The fourth-order valence-electron chi connectivity index (χ4n) is 2.22. The molecule has 1 N–H and O–H groups in total. The Morgan fingerprint density at radius 3 is 3.12 bits per heavy atom. The van der Waals surface area contributed by atoms with E-state index in [1.54, 1.807) is 0 Å². The molecule has 3 heteroatoms. The third-order valence-corrected chi connectivity index (χ3v) is 3.08. The number of nitrogens with zero attached hydrogens (tertiary/aromatic N) is 1. The summed E-state index contributed by atoms with van der Waals surface area (Å²) < 4.78 is 5.60. The summed E-state index contributed by atoms with van der Waals surface area (Å²) in [7, 11) is 0. The average molecular weight is 234 g/mol. The van der Waals surface area contributed by atoms with E-state index in [2.05, 4.69) is 36.2 Å². The van der Waals surface area contributed by atoms with Crippen molar-refractivity contribution in [3.63, 3.8) is 0 Å². The van der Waals surface area contributed by atoms with Crippen LogP contribution in [-0.2, 0) is 13.1 Å². The summed E-state index contributed by atoms with van der Waals surface area (Å²) in [5.74, 6) is 1.08. The Kier molecular flexibility index (Phi) is 4.40. The molecule has 0 bridgehead atoms. The van der Waals surface area contributed by atoms with Crippen LogP contribution in [-0.4, -0.2) is 24.5 Å². The third kappa shape index (κ3) is 3.72. The molecule has 2 heterocycles. The Bertz CT molecular complexity index is 381. The fraction of sp³-hybridized carbons (Fsp3) is 0.571. The molecule has 0 saturated heterocycles. The van der Waals surface area contributed by atoms with Gasteiger partial charge >= 0.3 is 0 Å². The van der Waals surface area contributed by atoms with Crippen molar-refractivity contribution in [3.05, 3.63) is 35.3 Å². The molecule has 0 aliphatic carbocycles. The molecule has 1 aliphatic heterocycles. The van der Waals surface area contributed by atoms with Crippen molar-refractivity contribution >= 4 is 0 Å². The van der Waals surface area contributed by atoms with Crippen molar-refractivity contribution in [1.82, 2.24) is 10.2 Å². The number of hydrogen-bond acceptors (Lipinski definition) is 3. The number of hydrogen-bond donors (Lipinski definition) is 1. The predicted molar refractivity (Wildman–Crippen MR) is 69.7 cm³/mol. The van der Waals surface area contributed by atoms with E-state index in [-0.39, 0.29) is 0 Å². The second kappa shape index (κ2) is 6.03. The average Bonchev–Trinajstić information content (AvgIpc) is 2.74. The lowest BCUT2D eigenvalue weighted by Gasteiger charge is -2.24. The summed E-state index contributed by atoms with van der Waals surface area (Å²) in [6, 6.07) is 2.16. The van der Waals surface area contributed by atoms with Gasteiger partial charge in [0.25, 0.3) is 0 Å². The highest BCUT2D eigenvalue weighted by Gasteiger charge is 2.12. The zero-order valence-electron chi connectivity index (χ0n) is 10.8. The maximum absolute atomic E-state index is 5.60. The minimum atomic E-state index is 0.902. The molecule has 0 spiro atoms. The van der Waals surface area contributed by atoms with Crippen LogP contribution in [0.2, 0.25) is 0 Å². The summed E-state index contributed by atoms with van der Waals surface area (Å²) in [4.78, 5) is 2.44. The van der Waals surface area contributed by atoms with Gasteiger partial charge in [0.1, 0.15) is 5.76 Å². The van der Waals surface area contributed by atoms with Gasteiger partial charge in [0.2, 0.25) is 0 Å². The van der Waals surface area contributed by atoms with Crippen LogP contribution in [0.1, 0.15) is 31.6 Å². The number of furan rings is 1. The van der Waals surface area contributed by atoms with E-state index in [9.17, 15) is 0 Å². The number of nitrogens with one attached hydrogen (secondary N) is 1. The van der Waals surface area contributed by atoms with Crippen LogP contribution < -0.4 is 5.32 Å². The lowest BCUT2D eigenvalue weighted by molar-refractivity contribution is 0.258. The van der Waals surface area contributed by atoms with Crippen LogP contribution in [0.3, 0.4) is 0 Å². The molecule has 0 saturated carbocycles. The van der Waals surface area contributed by atoms with Crippen LogP contribution in [0.5, 0.6) is 0 Å². The molecule has 0 aromatic carbocycles. The maximum Gasteiger partial charge on any atom is 0.118 e. The first-order valence-corrected chi connectivity index (χ1v) is 6.43. The van der Waals surface area contributed by atoms with Crippen LogP contribution >= 0.6 is 0 Å². The van der Waals surface area contributed by atoms with Gasteiger partial charge in [0, 0.05) is 25.2 Å². The summed E-state index contributed by atoms with van der Waals surface area (Å²) in [6.07, 6.45) is 5.36. The summed E-state index contributed by atoms with van der Waals surface area (Å²) >= 11 is 0. The number of rotatable bonds is 5.